The largest absolute Gasteiger partial charge is 0.467 e. The minimum Gasteiger partial charge on any atom is -0.467 e. The highest BCUT2D eigenvalue weighted by Crippen LogP contribution is 2.28. The van der Waals surface area contributed by atoms with E-state index in [0.717, 1.165) is 10.5 Å². The molecule has 4 amide bonds. The van der Waals surface area contributed by atoms with Crippen LogP contribution in [0.5, 0.6) is 0 Å². The summed E-state index contributed by atoms with van der Waals surface area (Å²) < 4.78 is 15.7. The van der Waals surface area contributed by atoms with Gasteiger partial charge in [0.15, 0.2) is 0 Å². The van der Waals surface area contributed by atoms with Crippen LogP contribution in [0.4, 0.5) is 4.79 Å². The molecule has 0 saturated carbocycles. The van der Waals surface area contributed by atoms with E-state index in [1.165, 1.54) is 6.26 Å². The first-order valence-corrected chi connectivity index (χ1v) is 10.9. The van der Waals surface area contributed by atoms with Crippen molar-refractivity contribution in [3.05, 3.63) is 70.3 Å². The summed E-state index contributed by atoms with van der Waals surface area (Å²) in [7, 11) is 0. The molecule has 0 radical (unpaired) electrons. The molecule has 2 N–H and O–H groups in total. The maximum atomic E-state index is 12.6. The number of furan rings is 1. The lowest BCUT2D eigenvalue weighted by Crippen LogP contribution is -2.47. The number of hydrogen-bond acceptors (Lipinski definition) is 8. The highest BCUT2D eigenvalue weighted by Gasteiger charge is 2.37. The minimum atomic E-state index is -0.937. The SMILES string of the molecule is CCOC(=O)C1=C(COC(=O)CCN2C(=O)c3ccc(C)cc3C2=O)NC(=O)NC1c1ccco1. The number of nitrogens with zero attached hydrogens (tertiary/aromatic N) is 1. The number of imide groups is 1. The van der Waals surface area contributed by atoms with Gasteiger partial charge in [0.05, 0.1) is 41.7 Å². The van der Waals surface area contributed by atoms with Crippen LogP contribution in [0.15, 0.2) is 52.3 Å². The van der Waals surface area contributed by atoms with E-state index in [4.69, 9.17) is 13.9 Å². The molecule has 2 aromatic rings. The second-order valence-electron chi connectivity index (χ2n) is 7.88. The Morgan fingerprint density at radius 1 is 1.09 bits per heavy atom. The van der Waals surface area contributed by atoms with Gasteiger partial charge < -0.3 is 24.5 Å². The number of nitrogens with one attached hydrogen (secondary N) is 2. The van der Waals surface area contributed by atoms with Gasteiger partial charge in [-0.3, -0.25) is 19.3 Å². The van der Waals surface area contributed by atoms with Crippen LogP contribution < -0.4 is 10.6 Å². The smallest absolute Gasteiger partial charge is 0.338 e. The average Bonchev–Trinajstić information content (AvgIpc) is 3.44. The first-order valence-electron chi connectivity index (χ1n) is 10.9. The molecule has 0 bridgehead atoms. The monoisotopic (exact) mass is 481 g/mol. The standard InChI is InChI=1S/C24H23N3O8/c1-3-33-23(31)19-16(25-24(32)26-20(19)17-5-4-10-34-17)12-35-18(28)8-9-27-21(29)14-7-6-13(2)11-15(14)22(27)30/h4-7,10-11,20H,3,8-9,12H2,1-2H3,(H2,25,26,32). The number of carbonyl (C=O) groups is 5. The van der Waals surface area contributed by atoms with Gasteiger partial charge in [0, 0.05) is 6.54 Å². The summed E-state index contributed by atoms with van der Waals surface area (Å²) >= 11 is 0. The van der Waals surface area contributed by atoms with E-state index in [2.05, 4.69) is 10.6 Å². The molecular weight excluding hydrogens is 458 g/mol. The first-order chi connectivity index (χ1) is 16.8. The van der Waals surface area contributed by atoms with E-state index in [1.54, 1.807) is 37.3 Å². The fraction of sp³-hybridized carbons (Fsp3) is 0.292. The van der Waals surface area contributed by atoms with Gasteiger partial charge in [0.2, 0.25) is 0 Å². The number of fused-ring (bicyclic) bond motifs is 1. The maximum Gasteiger partial charge on any atom is 0.338 e. The summed E-state index contributed by atoms with van der Waals surface area (Å²) in [6.45, 7) is 2.94. The van der Waals surface area contributed by atoms with E-state index in [1.807, 2.05) is 6.92 Å². The number of urea groups is 1. The highest BCUT2D eigenvalue weighted by atomic mass is 16.5. The molecule has 2 aliphatic rings. The molecule has 0 spiro atoms. The summed E-state index contributed by atoms with van der Waals surface area (Å²) in [6.07, 6.45) is 1.13. The number of amides is 4. The third-order valence-corrected chi connectivity index (χ3v) is 5.52. The fourth-order valence-corrected chi connectivity index (χ4v) is 3.89. The third-order valence-electron chi connectivity index (χ3n) is 5.52. The Morgan fingerprint density at radius 2 is 1.86 bits per heavy atom. The third kappa shape index (κ3) is 4.79. The fourth-order valence-electron chi connectivity index (χ4n) is 3.89. The van der Waals surface area contributed by atoms with Gasteiger partial charge >= 0.3 is 18.0 Å². The van der Waals surface area contributed by atoms with Gasteiger partial charge in [-0.2, -0.15) is 0 Å². The molecular formula is C24H23N3O8. The summed E-state index contributed by atoms with van der Waals surface area (Å²) in [4.78, 5) is 63.3. The molecule has 1 unspecified atom stereocenters. The van der Waals surface area contributed by atoms with Crippen molar-refractivity contribution in [2.45, 2.75) is 26.3 Å². The highest BCUT2D eigenvalue weighted by molar-refractivity contribution is 6.21. The van der Waals surface area contributed by atoms with E-state index in [0.29, 0.717) is 16.9 Å². The van der Waals surface area contributed by atoms with Crippen LogP contribution in [0.3, 0.4) is 0 Å². The van der Waals surface area contributed by atoms with E-state index in [9.17, 15) is 24.0 Å². The van der Waals surface area contributed by atoms with Gasteiger partial charge in [-0.25, -0.2) is 9.59 Å². The molecule has 0 fully saturated rings. The van der Waals surface area contributed by atoms with Crippen molar-refractivity contribution in [2.24, 2.45) is 0 Å². The Morgan fingerprint density at radius 3 is 2.57 bits per heavy atom. The Balaban J connectivity index is 1.44. The quantitative estimate of drug-likeness (QED) is 0.430. The molecule has 0 aliphatic carbocycles. The van der Waals surface area contributed by atoms with Crippen molar-refractivity contribution in [1.82, 2.24) is 15.5 Å². The van der Waals surface area contributed by atoms with Gasteiger partial charge in [0.25, 0.3) is 11.8 Å². The lowest BCUT2D eigenvalue weighted by atomic mass is 10.0. The van der Waals surface area contributed by atoms with E-state index < -0.39 is 42.4 Å². The van der Waals surface area contributed by atoms with Crippen LogP contribution in [0, 0.1) is 6.92 Å². The van der Waals surface area contributed by atoms with Crippen LogP contribution in [0.25, 0.3) is 0 Å². The minimum absolute atomic E-state index is 0.0323. The molecule has 11 heteroatoms. The van der Waals surface area contributed by atoms with Crippen LogP contribution in [-0.2, 0) is 19.1 Å². The predicted octanol–water partition coefficient (Wildman–Crippen LogP) is 1.99. The number of hydrogen-bond donors (Lipinski definition) is 2. The Labute approximate surface area is 200 Å². The molecule has 2 aliphatic heterocycles. The summed E-state index contributed by atoms with van der Waals surface area (Å²) in [5.41, 5.74) is 1.50. The summed E-state index contributed by atoms with van der Waals surface area (Å²) in [5, 5.41) is 5.06. The van der Waals surface area contributed by atoms with Gasteiger partial charge in [-0.15, -0.1) is 0 Å². The lowest BCUT2D eigenvalue weighted by molar-refractivity contribution is -0.143. The molecule has 11 nitrogen and oxygen atoms in total. The molecule has 1 atom stereocenters. The number of benzene rings is 1. The number of carbonyl (C=O) groups excluding carboxylic acids is 5. The van der Waals surface area contributed by atoms with Crippen LogP contribution >= 0.6 is 0 Å². The second-order valence-corrected chi connectivity index (χ2v) is 7.88. The maximum absolute atomic E-state index is 12.6. The zero-order chi connectivity index (χ0) is 25.1. The van der Waals surface area contributed by atoms with Crippen molar-refractivity contribution in [3.8, 4) is 0 Å². The van der Waals surface area contributed by atoms with Crippen molar-refractivity contribution < 1.29 is 37.9 Å². The molecule has 3 heterocycles. The summed E-state index contributed by atoms with van der Waals surface area (Å²) in [6, 6.07) is 6.59. The molecule has 182 valence electrons. The van der Waals surface area contributed by atoms with Crippen molar-refractivity contribution in [3.63, 3.8) is 0 Å². The van der Waals surface area contributed by atoms with Gasteiger partial charge in [0.1, 0.15) is 18.4 Å². The predicted molar refractivity (Wildman–Crippen MR) is 119 cm³/mol. The Bertz CT molecular complexity index is 1230. The van der Waals surface area contributed by atoms with Crippen LogP contribution in [0.2, 0.25) is 0 Å². The number of rotatable bonds is 8. The number of aryl methyl sites for hydroxylation is 1. The molecule has 35 heavy (non-hydrogen) atoms. The van der Waals surface area contributed by atoms with E-state index >= 15 is 0 Å². The Hall–Kier alpha value is -4.41. The topological polar surface area (TPSA) is 144 Å². The van der Waals surface area contributed by atoms with Crippen molar-refractivity contribution in [1.29, 1.82) is 0 Å². The second kappa shape index (κ2) is 9.84. The molecule has 4 rings (SSSR count). The number of ether oxygens (including phenoxy) is 2. The molecule has 0 saturated heterocycles. The van der Waals surface area contributed by atoms with Crippen LogP contribution in [-0.4, -0.2) is 54.4 Å². The first kappa shape index (κ1) is 23.7. The molecule has 1 aromatic carbocycles. The Kier molecular flexibility index (Phi) is 6.67. The van der Waals surface area contributed by atoms with Gasteiger partial charge in [-0.1, -0.05) is 11.6 Å². The van der Waals surface area contributed by atoms with E-state index in [-0.39, 0.29) is 30.8 Å². The zero-order valence-corrected chi connectivity index (χ0v) is 19.1. The molecule has 1 aromatic heterocycles. The normalized spacial score (nSPS) is 17.1. The van der Waals surface area contributed by atoms with Crippen molar-refractivity contribution >= 4 is 29.8 Å². The van der Waals surface area contributed by atoms with Gasteiger partial charge in [-0.05, 0) is 38.1 Å². The van der Waals surface area contributed by atoms with Crippen LogP contribution in [0.1, 0.15) is 51.4 Å². The lowest BCUT2D eigenvalue weighted by Gasteiger charge is -2.27. The number of esters is 2. The summed E-state index contributed by atoms with van der Waals surface area (Å²) in [5.74, 6) is -2.09. The average molecular weight is 481 g/mol. The van der Waals surface area contributed by atoms with Crippen molar-refractivity contribution in [2.75, 3.05) is 19.8 Å². The zero-order valence-electron chi connectivity index (χ0n) is 19.1.